The van der Waals surface area contributed by atoms with E-state index in [0.29, 0.717) is 11.3 Å². The minimum absolute atomic E-state index is 0.0884. The van der Waals surface area contributed by atoms with Crippen molar-refractivity contribution in [1.29, 1.82) is 0 Å². The molecule has 1 unspecified atom stereocenters. The Labute approximate surface area is 177 Å². The minimum Gasteiger partial charge on any atom is -0.376 e. The summed E-state index contributed by atoms with van der Waals surface area (Å²) in [7, 11) is 0. The number of amides is 2. The zero-order valence-corrected chi connectivity index (χ0v) is 17.5. The molecule has 30 heavy (non-hydrogen) atoms. The van der Waals surface area contributed by atoms with Crippen molar-refractivity contribution in [1.82, 2.24) is 5.32 Å². The molecule has 0 aliphatic carbocycles. The Morgan fingerprint density at radius 2 is 1.50 bits per heavy atom. The van der Waals surface area contributed by atoms with E-state index in [1.807, 2.05) is 62.4 Å². The summed E-state index contributed by atoms with van der Waals surface area (Å²) in [5.41, 5.74) is 5.54. The lowest BCUT2D eigenvalue weighted by atomic mass is 10.1. The van der Waals surface area contributed by atoms with Gasteiger partial charge in [0.15, 0.2) is 0 Å². The lowest BCUT2D eigenvalue weighted by molar-refractivity contribution is -0.114. The van der Waals surface area contributed by atoms with E-state index < -0.39 is 0 Å². The fraction of sp³-hybridized carbons (Fsp3) is 0.200. The van der Waals surface area contributed by atoms with Gasteiger partial charge >= 0.3 is 0 Å². The monoisotopic (exact) mass is 401 g/mol. The molecule has 1 atom stereocenters. The van der Waals surface area contributed by atoms with Crippen molar-refractivity contribution in [3.63, 3.8) is 0 Å². The van der Waals surface area contributed by atoms with Crippen LogP contribution in [0.25, 0.3) is 0 Å². The van der Waals surface area contributed by atoms with Crippen molar-refractivity contribution in [2.75, 3.05) is 17.2 Å². The highest BCUT2D eigenvalue weighted by atomic mass is 16.2. The molecule has 0 radical (unpaired) electrons. The van der Waals surface area contributed by atoms with E-state index >= 15 is 0 Å². The fourth-order valence-corrected chi connectivity index (χ4v) is 3.05. The molecule has 3 rings (SSSR count). The van der Waals surface area contributed by atoms with Gasteiger partial charge in [-0.25, -0.2) is 0 Å². The third-order valence-corrected chi connectivity index (χ3v) is 5.04. The first-order valence-corrected chi connectivity index (χ1v) is 9.99. The smallest absolute Gasteiger partial charge is 0.251 e. The Kier molecular flexibility index (Phi) is 6.86. The summed E-state index contributed by atoms with van der Waals surface area (Å²) in [6, 6.07) is 22.6. The quantitative estimate of drug-likeness (QED) is 0.530. The number of nitrogens with one attached hydrogen (secondary N) is 3. The Balaban J connectivity index is 1.51. The number of hydrogen-bond acceptors (Lipinski definition) is 3. The molecule has 0 aliphatic heterocycles. The van der Waals surface area contributed by atoms with Crippen LogP contribution < -0.4 is 16.0 Å². The maximum Gasteiger partial charge on any atom is 0.251 e. The van der Waals surface area contributed by atoms with Crippen LogP contribution in [0.3, 0.4) is 0 Å². The standard InChI is InChI=1S/C25H27N3O2/c1-17-9-12-23(15-18(17)2)26-16-24(29)28-22-13-10-21(11-14-22)25(30)27-19(3)20-7-5-4-6-8-20/h4-15,19,26H,16H2,1-3H3,(H,27,30)(H,28,29). The van der Waals surface area contributed by atoms with Crippen LogP contribution in [0.15, 0.2) is 72.8 Å². The number of aryl methyl sites for hydroxylation is 2. The van der Waals surface area contributed by atoms with Gasteiger partial charge in [0.05, 0.1) is 12.6 Å². The zero-order valence-electron chi connectivity index (χ0n) is 17.5. The van der Waals surface area contributed by atoms with Crippen LogP contribution in [-0.2, 0) is 4.79 Å². The summed E-state index contributed by atoms with van der Waals surface area (Å²) in [5, 5.41) is 8.94. The zero-order chi connectivity index (χ0) is 21.5. The predicted octanol–water partition coefficient (Wildman–Crippen LogP) is 4.85. The fourth-order valence-electron chi connectivity index (χ4n) is 3.05. The van der Waals surface area contributed by atoms with Crippen LogP contribution in [0.5, 0.6) is 0 Å². The van der Waals surface area contributed by atoms with Crippen LogP contribution in [0, 0.1) is 13.8 Å². The molecule has 5 nitrogen and oxygen atoms in total. The number of hydrogen-bond donors (Lipinski definition) is 3. The van der Waals surface area contributed by atoms with Crippen LogP contribution in [0.1, 0.15) is 40.0 Å². The van der Waals surface area contributed by atoms with Gasteiger partial charge in [-0.3, -0.25) is 9.59 Å². The molecule has 0 saturated carbocycles. The van der Waals surface area contributed by atoms with Crippen molar-refractivity contribution >= 4 is 23.2 Å². The molecule has 2 amide bonds. The van der Waals surface area contributed by atoms with Gasteiger partial charge in [-0.2, -0.15) is 0 Å². The normalized spacial score (nSPS) is 11.4. The second kappa shape index (κ2) is 9.74. The highest BCUT2D eigenvalue weighted by molar-refractivity contribution is 5.96. The lowest BCUT2D eigenvalue weighted by Gasteiger charge is -2.14. The molecule has 5 heteroatoms. The van der Waals surface area contributed by atoms with Crippen LogP contribution in [-0.4, -0.2) is 18.4 Å². The molecule has 0 aliphatic rings. The van der Waals surface area contributed by atoms with Gasteiger partial charge in [-0.15, -0.1) is 0 Å². The number of carbonyl (C=O) groups excluding carboxylic acids is 2. The Morgan fingerprint density at radius 3 is 2.17 bits per heavy atom. The summed E-state index contributed by atoms with van der Waals surface area (Å²) in [4.78, 5) is 24.7. The van der Waals surface area contributed by atoms with Gasteiger partial charge < -0.3 is 16.0 Å². The van der Waals surface area contributed by atoms with E-state index in [9.17, 15) is 9.59 Å². The maximum absolute atomic E-state index is 12.5. The van der Waals surface area contributed by atoms with E-state index in [0.717, 1.165) is 11.3 Å². The second-order valence-corrected chi connectivity index (χ2v) is 7.38. The first-order chi connectivity index (χ1) is 14.4. The molecule has 3 aromatic carbocycles. The lowest BCUT2D eigenvalue weighted by Crippen LogP contribution is -2.26. The van der Waals surface area contributed by atoms with Crippen LogP contribution in [0.4, 0.5) is 11.4 Å². The molecular formula is C25H27N3O2. The molecule has 0 heterocycles. The summed E-state index contributed by atoms with van der Waals surface area (Å²) >= 11 is 0. The van der Waals surface area contributed by atoms with Crippen LogP contribution >= 0.6 is 0 Å². The molecule has 3 aromatic rings. The molecule has 0 aromatic heterocycles. The van der Waals surface area contributed by atoms with E-state index in [4.69, 9.17) is 0 Å². The molecule has 0 bridgehead atoms. The SMILES string of the molecule is Cc1ccc(NCC(=O)Nc2ccc(C(=O)NC(C)c3ccccc3)cc2)cc1C. The number of anilines is 2. The topological polar surface area (TPSA) is 70.2 Å². The summed E-state index contributed by atoms with van der Waals surface area (Å²) < 4.78 is 0. The van der Waals surface area contributed by atoms with Crippen molar-refractivity contribution in [2.45, 2.75) is 26.8 Å². The van der Waals surface area contributed by atoms with Crippen molar-refractivity contribution < 1.29 is 9.59 Å². The Morgan fingerprint density at radius 1 is 0.833 bits per heavy atom. The summed E-state index contributed by atoms with van der Waals surface area (Å²) in [5.74, 6) is -0.302. The van der Waals surface area contributed by atoms with Crippen molar-refractivity contribution in [3.8, 4) is 0 Å². The van der Waals surface area contributed by atoms with Gasteiger partial charge in [-0.05, 0) is 73.9 Å². The second-order valence-electron chi connectivity index (χ2n) is 7.38. The van der Waals surface area contributed by atoms with Crippen molar-refractivity contribution in [3.05, 3.63) is 95.1 Å². The first kappa shape index (κ1) is 21.1. The Hall–Kier alpha value is -3.60. The number of benzene rings is 3. The highest BCUT2D eigenvalue weighted by Crippen LogP contribution is 2.15. The molecule has 0 spiro atoms. The average molecular weight is 402 g/mol. The number of rotatable bonds is 7. The summed E-state index contributed by atoms with van der Waals surface area (Å²) in [6.07, 6.45) is 0. The van der Waals surface area contributed by atoms with Gasteiger partial charge in [-0.1, -0.05) is 36.4 Å². The molecule has 3 N–H and O–H groups in total. The maximum atomic E-state index is 12.5. The Bertz CT molecular complexity index is 1010. The third-order valence-electron chi connectivity index (χ3n) is 5.04. The largest absolute Gasteiger partial charge is 0.376 e. The molecular weight excluding hydrogens is 374 g/mol. The van der Waals surface area contributed by atoms with Gasteiger partial charge in [0.25, 0.3) is 5.91 Å². The first-order valence-electron chi connectivity index (χ1n) is 9.99. The molecule has 154 valence electrons. The van der Waals surface area contributed by atoms with Gasteiger partial charge in [0.1, 0.15) is 0 Å². The highest BCUT2D eigenvalue weighted by Gasteiger charge is 2.11. The molecule has 0 saturated heterocycles. The molecule has 0 fully saturated rings. The third kappa shape index (κ3) is 5.70. The summed E-state index contributed by atoms with van der Waals surface area (Å²) in [6.45, 7) is 6.21. The average Bonchev–Trinajstić information content (AvgIpc) is 2.75. The van der Waals surface area contributed by atoms with E-state index in [1.165, 1.54) is 11.1 Å². The van der Waals surface area contributed by atoms with E-state index in [-0.39, 0.29) is 24.4 Å². The van der Waals surface area contributed by atoms with E-state index in [2.05, 4.69) is 22.9 Å². The number of carbonyl (C=O) groups is 2. The van der Waals surface area contributed by atoms with E-state index in [1.54, 1.807) is 24.3 Å². The van der Waals surface area contributed by atoms with Gasteiger partial charge in [0, 0.05) is 16.9 Å². The predicted molar refractivity (Wildman–Crippen MR) is 122 cm³/mol. The minimum atomic E-state index is -0.152. The van der Waals surface area contributed by atoms with Gasteiger partial charge in [0.2, 0.25) is 5.91 Å². The van der Waals surface area contributed by atoms with Crippen LogP contribution in [0.2, 0.25) is 0 Å². The van der Waals surface area contributed by atoms with Crippen molar-refractivity contribution in [2.24, 2.45) is 0 Å².